The van der Waals surface area contributed by atoms with E-state index in [9.17, 15) is 23.3 Å². The third-order valence-corrected chi connectivity index (χ3v) is 6.52. The quantitative estimate of drug-likeness (QED) is 0.377. The second-order valence-corrected chi connectivity index (χ2v) is 9.16. The van der Waals surface area contributed by atoms with Gasteiger partial charge in [0.1, 0.15) is 6.04 Å². The van der Waals surface area contributed by atoms with Crippen molar-refractivity contribution < 1.29 is 18.1 Å². The number of amides is 1. The van der Waals surface area contributed by atoms with E-state index in [0.29, 0.717) is 5.02 Å². The number of benzene rings is 3. The highest BCUT2D eigenvalue weighted by atomic mass is 35.5. The minimum Gasteiger partial charge on any atom is -0.324 e. The van der Waals surface area contributed by atoms with E-state index >= 15 is 0 Å². The fourth-order valence-electron chi connectivity index (χ4n) is 3.08. The van der Waals surface area contributed by atoms with Gasteiger partial charge in [0.05, 0.1) is 21.1 Å². The second kappa shape index (κ2) is 9.90. The van der Waals surface area contributed by atoms with Crippen molar-refractivity contribution in [3.63, 3.8) is 0 Å². The van der Waals surface area contributed by atoms with Gasteiger partial charge in [0.2, 0.25) is 15.9 Å². The predicted molar refractivity (Wildman–Crippen MR) is 122 cm³/mol. The van der Waals surface area contributed by atoms with Gasteiger partial charge in [0, 0.05) is 11.1 Å². The summed E-state index contributed by atoms with van der Waals surface area (Å²) in [6, 6.07) is 17.6. The van der Waals surface area contributed by atoms with Crippen molar-refractivity contribution in [3.8, 4) is 0 Å². The number of anilines is 1. The molecule has 0 bridgehead atoms. The Bertz CT molecular complexity index is 1230. The van der Waals surface area contributed by atoms with Crippen molar-refractivity contribution in [3.05, 3.63) is 99.1 Å². The summed E-state index contributed by atoms with van der Waals surface area (Å²) in [6.07, 6.45) is 0.0769. The number of carbonyl (C=O) groups excluding carboxylic acids is 1. The van der Waals surface area contributed by atoms with Gasteiger partial charge < -0.3 is 5.32 Å². The zero-order valence-electron chi connectivity index (χ0n) is 17.0. The van der Waals surface area contributed by atoms with Crippen LogP contribution in [0.5, 0.6) is 0 Å². The fourth-order valence-corrected chi connectivity index (χ4v) is 4.40. The first kappa shape index (κ1) is 23.4. The lowest BCUT2D eigenvalue weighted by atomic mass is 10.1. The van der Waals surface area contributed by atoms with Crippen molar-refractivity contribution in [2.45, 2.75) is 24.3 Å². The number of hydrogen-bond donors (Lipinski definition) is 2. The molecule has 166 valence electrons. The summed E-state index contributed by atoms with van der Waals surface area (Å²) in [5.41, 5.74) is 1.09. The molecule has 0 saturated heterocycles. The Labute approximate surface area is 190 Å². The lowest BCUT2D eigenvalue weighted by Gasteiger charge is -2.19. The Balaban J connectivity index is 1.90. The third kappa shape index (κ3) is 5.70. The average Bonchev–Trinajstić information content (AvgIpc) is 2.75. The van der Waals surface area contributed by atoms with Crippen LogP contribution in [-0.2, 0) is 21.2 Å². The van der Waals surface area contributed by atoms with Gasteiger partial charge in [-0.3, -0.25) is 14.9 Å². The van der Waals surface area contributed by atoms with Crippen LogP contribution in [0.2, 0.25) is 5.02 Å². The molecular weight excluding hydrogens is 454 g/mol. The number of carbonyl (C=O) groups is 1. The van der Waals surface area contributed by atoms with Crippen LogP contribution >= 0.6 is 11.6 Å². The first-order valence-electron chi connectivity index (χ1n) is 9.54. The summed E-state index contributed by atoms with van der Waals surface area (Å²) in [5.74, 6) is -0.644. The van der Waals surface area contributed by atoms with Gasteiger partial charge in [-0.2, -0.15) is 4.72 Å². The molecule has 0 aliphatic rings. The highest BCUT2D eigenvalue weighted by molar-refractivity contribution is 7.89. The number of nitro benzene ring substituents is 1. The molecule has 32 heavy (non-hydrogen) atoms. The highest BCUT2D eigenvalue weighted by Gasteiger charge is 2.27. The minimum atomic E-state index is -4.04. The van der Waals surface area contributed by atoms with Gasteiger partial charge in [-0.15, -0.1) is 0 Å². The van der Waals surface area contributed by atoms with Crippen molar-refractivity contribution in [2.75, 3.05) is 5.32 Å². The van der Waals surface area contributed by atoms with E-state index in [0.717, 1.165) is 5.56 Å². The summed E-state index contributed by atoms with van der Waals surface area (Å²) in [6.45, 7) is 1.51. The van der Waals surface area contributed by atoms with Crippen LogP contribution < -0.4 is 10.0 Å². The van der Waals surface area contributed by atoms with E-state index in [4.69, 9.17) is 11.6 Å². The number of halogens is 1. The smallest absolute Gasteiger partial charge is 0.274 e. The maximum Gasteiger partial charge on any atom is 0.274 e. The Morgan fingerprint density at radius 3 is 2.31 bits per heavy atom. The molecule has 0 aliphatic carbocycles. The average molecular weight is 474 g/mol. The number of sulfonamides is 1. The molecule has 10 heteroatoms. The van der Waals surface area contributed by atoms with Gasteiger partial charge in [0.25, 0.3) is 5.69 Å². The summed E-state index contributed by atoms with van der Waals surface area (Å²) in [5, 5.41) is 14.2. The lowest BCUT2D eigenvalue weighted by Crippen LogP contribution is -2.45. The van der Waals surface area contributed by atoms with Crippen LogP contribution in [0.25, 0.3) is 0 Å². The van der Waals surface area contributed by atoms with Crippen molar-refractivity contribution in [2.24, 2.45) is 0 Å². The highest BCUT2D eigenvalue weighted by Crippen LogP contribution is 2.25. The Hall–Kier alpha value is -3.27. The van der Waals surface area contributed by atoms with Crippen molar-refractivity contribution >= 4 is 38.9 Å². The number of nitrogens with zero attached hydrogens (tertiary/aromatic N) is 1. The van der Waals surface area contributed by atoms with Gasteiger partial charge in [-0.1, -0.05) is 48.0 Å². The summed E-state index contributed by atoms with van der Waals surface area (Å²) >= 11 is 5.84. The van der Waals surface area contributed by atoms with Crippen molar-refractivity contribution in [1.29, 1.82) is 0 Å². The van der Waals surface area contributed by atoms with Gasteiger partial charge in [-0.05, 0) is 49.2 Å². The van der Waals surface area contributed by atoms with Gasteiger partial charge in [-0.25, -0.2) is 8.42 Å². The third-order valence-electron chi connectivity index (χ3n) is 4.78. The van der Waals surface area contributed by atoms with Gasteiger partial charge in [0.15, 0.2) is 0 Å². The molecule has 0 fully saturated rings. The molecule has 1 amide bonds. The minimum absolute atomic E-state index is 0.0423. The molecule has 2 N–H and O–H groups in total. The maximum absolute atomic E-state index is 13.1. The molecule has 3 rings (SSSR count). The molecule has 0 aliphatic heterocycles. The fraction of sp³-hybridized carbons (Fsp3) is 0.136. The molecule has 0 saturated carbocycles. The normalized spacial score (nSPS) is 12.2. The molecule has 3 aromatic rings. The van der Waals surface area contributed by atoms with Crippen LogP contribution in [0.3, 0.4) is 0 Å². The summed E-state index contributed by atoms with van der Waals surface area (Å²) < 4.78 is 28.2. The van der Waals surface area contributed by atoms with Crippen LogP contribution in [0.15, 0.2) is 77.7 Å². The summed E-state index contributed by atoms with van der Waals surface area (Å²) in [4.78, 5) is 23.7. The van der Waals surface area contributed by atoms with E-state index in [1.807, 2.05) is 6.07 Å². The molecule has 0 heterocycles. The molecule has 8 nitrogen and oxygen atoms in total. The van der Waals surface area contributed by atoms with Crippen LogP contribution in [0.4, 0.5) is 11.4 Å². The number of nitro groups is 1. The topological polar surface area (TPSA) is 118 Å². The predicted octanol–water partition coefficient (Wildman–Crippen LogP) is 4.08. The monoisotopic (exact) mass is 473 g/mol. The zero-order chi connectivity index (χ0) is 23.3. The zero-order valence-corrected chi connectivity index (χ0v) is 18.6. The maximum atomic E-state index is 13.1. The summed E-state index contributed by atoms with van der Waals surface area (Å²) in [7, 11) is -4.04. The Morgan fingerprint density at radius 1 is 1.03 bits per heavy atom. The first-order chi connectivity index (χ1) is 15.2. The van der Waals surface area contributed by atoms with E-state index in [1.165, 1.54) is 49.4 Å². The van der Waals surface area contributed by atoms with Gasteiger partial charge >= 0.3 is 0 Å². The molecule has 1 atom stereocenters. The van der Waals surface area contributed by atoms with Crippen LogP contribution in [0, 0.1) is 17.0 Å². The largest absolute Gasteiger partial charge is 0.324 e. The molecule has 3 aromatic carbocycles. The van der Waals surface area contributed by atoms with E-state index in [-0.39, 0.29) is 28.3 Å². The van der Waals surface area contributed by atoms with Crippen molar-refractivity contribution in [1.82, 2.24) is 4.72 Å². The van der Waals surface area contributed by atoms with Crippen LogP contribution in [0.1, 0.15) is 11.1 Å². The molecular formula is C22H20ClN3O5S. The molecule has 0 unspecified atom stereocenters. The number of rotatable bonds is 8. The SMILES string of the molecule is Cc1c(NC(=O)[C@H](Cc2ccccc2)NS(=O)(=O)c2ccc(Cl)cc2)cccc1[N+](=O)[O-]. The second-order valence-electron chi connectivity index (χ2n) is 7.01. The van der Waals surface area contributed by atoms with E-state index < -0.39 is 26.9 Å². The Kier molecular flexibility index (Phi) is 7.24. The molecule has 0 spiro atoms. The first-order valence-corrected chi connectivity index (χ1v) is 11.4. The lowest BCUT2D eigenvalue weighted by molar-refractivity contribution is -0.385. The van der Waals surface area contributed by atoms with E-state index in [2.05, 4.69) is 10.0 Å². The molecule has 0 radical (unpaired) electrons. The number of nitrogens with one attached hydrogen (secondary N) is 2. The Morgan fingerprint density at radius 2 is 1.69 bits per heavy atom. The molecule has 0 aromatic heterocycles. The number of hydrogen-bond acceptors (Lipinski definition) is 5. The standard InChI is InChI=1S/C22H20ClN3O5S/c1-15-19(8-5-9-21(15)26(28)29)24-22(27)20(14-16-6-3-2-4-7-16)25-32(30,31)18-12-10-17(23)11-13-18/h2-13,20,25H,14H2,1H3,(H,24,27)/t20-/m0/s1. The van der Waals surface area contributed by atoms with E-state index in [1.54, 1.807) is 24.3 Å². The van der Waals surface area contributed by atoms with Crippen LogP contribution in [-0.4, -0.2) is 25.3 Å².